The summed E-state index contributed by atoms with van der Waals surface area (Å²) < 4.78 is 1.78. The van der Waals surface area contributed by atoms with Crippen molar-refractivity contribution in [1.29, 1.82) is 0 Å². The minimum atomic E-state index is -0.108. The average molecular weight is 273 g/mol. The monoisotopic (exact) mass is 272 g/mol. The highest BCUT2D eigenvalue weighted by molar-refractivity contribution is 6.30. The quantitative estimate of drug-likeness (QED) is 0.797. The molecule has 0 aliphatic rings. The molecule has 5 heteroatoms. The van der Waals surface area contributed by atoms with E-state index in [4.69, 9.17) is 17.3 Å². The fourth-order valence-electron chi connectivity index (χ4n) is 2.12. The van der Waals surface area contributed by atoms with E-state index in [-0.39, 0.29) is 6.04 Å². The summed E-state index contributed by atoms with van der Waals surface area (Å²) in [6.45, 7) is 0. The van der Waals surface area contributed by atoms with E-state index >= 15 is 0 Å². The molecule has 0 aliphatic heterocycles. The maximum absolute atomic E-state index is 6.26. The molecule has 0 aliphatic carbocycles. The van der Waals surface area contributed by atoms with Crippen molar-refractivity contribution < 1.29 is 0 Å². The third kappa shape index (κ3) is 2.45. The molecule has 1 aromatic carbocycles. The van der Waals surface area contributed by atoms with Gasteiger partial charge in [-0.15, -0.1) is 0 Å². The van der Waals surface area contributed by atoms with Gasteiger partial charge in [0.2, 0.25) is 0 Å². The van der Waals surface area contributed by atoms with E-state index in [1.54, 1.807) is 23.1 Å². The van der Waals surface area contributed by atoms with Gasteiger partial charge in [0.15, 0.2) is 0 Å². The lowest BCUT2D eigenvalue weighted by atomic mass is 10.0. The van der Waals surface area contributed by atoms with Crippen LogP contribution in [0.25, 0.3) is 5.52 Å². The predicted molar refractivity (Wildman–Crippen MR) is 75.1 cm³/mol. The van der Waals surface area contributed by atoms with E-state index in [2.05, 4.69) is 10.1 Å². The molecule has 2 aromatic heterocycles. The lowest BCUT2D eigenvalue weighted by Crippen LogP contribution is -2.13. The molecule has 0 amide bonds. The Morgan fingerprint density at radius 1 is 1.21 bits per heavy atom. The van der Waals surface area contributed by atoms with Crippen LogP contribution in [0.5, 0.6) is 0 Å². The first-order valence-corrected chi connectivity index (χ1v) is 6.39. The van der Waals surface area contributed by atoms with Gasteiger partial charge in [-0.1, -0.05) is 23.7 Å². The summed E-state index contributed by atoms with van der Waals surface area (Å²) in [5, 5.41) is 5.00. The Hall–Kier alpha value is -1.91. The Kier molecular flexibility index (Phi) is 3.19. The fourth-order valence-corrected chi connectivity index (χ4v) is 2.25. The molecule has 1 unspecified atom stereocenters. The van der Waals surface area contributed by atoms with E-state index in [0.29, 0.717) is 0 Å². The molecule has 96 valence electrons. The van der Waals surface area contributed by atoms with Crippen LogP contribution in [0.4, 0.5) is 0 Å². The number of benzene rings is 1. The zero-order valence-electron chi connectivity index (χ0n) is 10.2. The van der Waals surface area contributed by atoms with Crippen molar-refractivity contribution in [3.05, 3.63) is 65.2 Å². The Morgan fingerprint density at radius 2 is 2.00 bits per heavy atom. The first-order valence-electron chi connectivity index (χ1n) is 6.01. The predicted octanol–water partition coefficient (Wildman–Crippen LogP) is 2.63. The Balaban J connectivity index is 1.87. The molecule has 0 fully saturated rings. The van der Waals surface area contributed by atoms with Crippen LogP contribution in [0.2, 0.25) is 5.02 Å². The van der Waals surface area contributed by atoms with Gasteiger partial charge in [-0.25, -0.2) is 4.52 Å². The largest absolute Gasteiger partial charge is 0.324 e. The second kappa shape index (κ2) is 4.99. The molecule has 0 saturated carbocycles. The van der Waals surface area contributed by atoms with E-state index in [9.17, 15) is 0 Å². The van der Waals surface area contributed by atoms with Crippen LogP contribution in [0, 0.1) is 0 Å². The van der Waals surface area contributed by atoms with Gasteiger partial charge in [-0.05, 0) is 24.1 Å². The molecule has 2 N–H and O–H groups in total. The van der Waals surface area contributed by atoms with Crippen molar-refractivity contribution in [1.82, 2.24) is 14.6 Å². The zero-order valence-corrected chi connectivity index (χ0v) is 11.0. The van der Waals surface area contributed by atoms with Gasteiger partial charge < -0.3 is 5.73 Å². The molecule has 0 radical (unpaired) electrons. The van der Waals surface area contributed by atoms with Crippen molar-refractivity contribution in [2.24, 2.45) is 5.73 Å². The standard InChI is InChI=1S/C14H13ClN4/c15-11-3-1-10(2-4-11)7-13(16)12-8-18-19-6-5-17-9-14(12)19/h1-6,8-9,13H,7,16H2. The minimum absolute atomic E-state index is 0.108. The molecule has 2 heterocycles. The normalized spacial score (nSPS) is 12.7. The number of aromatic nitrogens is 3. The van der Waals surface area contributed by atoms with Gasteiger partial charge in [0.1, 0.15) is 0 Å². The smallest absolute Gasteiger partial charge is 0.0892 e. The SMILES string of the molecule is NC(Cc1ccc(Cl)cc1)c1cnn2ccncc12. The third-order valence-electron chi connectivity index (χ3n) is 3.12. The van der Waals surface area contributed by atoms with Gasteiger partial charge in [0.25, 0.3) is 0 Å². The maximum atomic E-state index is 6.26. The van der Waals surface area contributed by atoms with E-state index < -0.39 is 0 Å². The van der Waals surface area contributed by atoms with Crippen LogP contribution in [-0.4, -0.2) is 14.6 Å². The highest BCUT2D eigenvalue weighted by Crippen LogP contribution is 2.21. The summed E-state index contributed by atoms with van der Waals surface area (Å²) >= 11 is 5.87. The number of halogens is 1. The molecule has 3 aromatic rings. The second-order valence-corrected chi connectivity index (χ2v) is 4.88. The Labute approximate surface area is 115 Å². The van der Waals surface area contributed by atoms with Crippen molar-refractivity contribution in [2.45, 2.75) is 12.5 Å². The first-order chi connectivity index (χ1) is 9.24. The summed E-state index contributed by atoms with van der Waals surface area (Å²) in [7, 11) is 0. The summed E-state index contributed by atoms with van der Waals surface area (Å²) in [6.07, 6.45) is 7.84. The lowest BCUT2D eigenvalue weighted by molar-refractivity contribution is 0.727. The van der Waals surface area contributed by atoms with Crippen LogP contribution in [0.1, 0.15) is 17.2 Å². The highest BCUT2D eigenvalue weighted by Gasteiger charge is 2.13. The van der Waals surface area contributed by atoms with Gasteiger partial charge in [0.05, 0.1) is 17.9 Å². The molecule has 0 saturated heterocycles. The van der Waals surface area contributed by atoms with Crippen molar-refractivity contribution in [3.8, 4) is 0 Å². The molecule has 3 rings (SSSR count). The fraction of sp³-hybridized carbons (Fsp3) is 0.143. The van der Waals surface area contributed by atoms with E-state index in [1.165, 1.54) is 0 Å². The maximum Gasteiger partial charge on any atom is 0.0892 e. The number of fused-ring (bicyclic) bond motifs is 1. The Bertz CT molecular complexity index is 690. The summed E-state index contributed by atoms with van der Waals surface area (Å²) in [5.74, 6) is 0. The molecule has 1 atom stereocenters. The summed E-state index contributed by atoms with van der Waals surface area (Å²) in [4.78, 5) is 4.11. The number of hydrogen-bond donors (Lipinski definition) is 1. The Morgan fingerprint density at radius 3 is 2.79 bits per heavy atom. The first kappa shape index (κ1) is 12.1. The molecule has 0 spiro atoms. The van der Waals surface area contributed by atoms with E-state index in [0.717, 1.165) is 28.1 Å². The van der Waals surface area contributed by atoms with Crippen LogP contribution < -0.4 is 5.73 Å². The van der Waals surface area contributed by atoms with Gasteiger partial charge in [0, 0.05) is 29.0 Å². The van der Waals surface area contributed by atoms with Crippen LogP contribution in [0.3, 0.4) is 0 Å². The number of nitrogens with two attached hydrogens (primary N) is 1. The summed E-state index contributed by atoms with van der Waals surface area (Å²) in [6, 6.07) is 7.63. The van der Waals surface area contributed by atoms with Gasteiger partial charge in [-0.3, -0.25) is 4.98 Å². The van der Waals surface area contributed by atoms with Crippen LogP contribution in [0.15, 0.2) is 49.1 Å². The van der Waals surface area contributed by atoms with Crippen molar-refractivity contribution in [2.75, 3.05) is 0 Å². The van der Waals surface area contributed by atoms with Crippen LogP contribution in [-0.2, 0) is 6.42 Å². The average Bonchev–Trinajstić information content (AvgIpc) is 2.85. The van der Waals surface area contributed by atoms with Gasteiger partial charge >= 0.3 is 0 Å². The zero-order chi connectivity index (χ0) is 13.2. The molecule has 4 nitrogen and oxygen atoms in total. The van der Waals surface area contributed by atoms with Crippen molar-refractivity contribution >= 4 is 17.1 Å². The van der Waals surface area contributed by atoms with E-state index in [1.807, 2.05) is 30.5 Å². The number of rotatable bonds is 3. The van der Waals surface area contributed by atoms with Crippen LogP contribution >= 0.6 is 11.6 Å². The van der Waals surface area contributed by atoms with Crippen molar-refractivity contribution in [3.63, 3.8) is 0 Å². The highest BCUT2D eigenvalue weighted by atomic mass is 35.5. The molecular formula is C14H13ClN4. The lowest BCUT2D eigenvalue weighted by Gasteiger charge is -2.10. The molecule has 19 heavy (non-hydrogen) atoms. The number of nitrogens with zero attached hydrogens (tertiary/aromatic N) is 3. The topological polar surface area (TPSA) is 56.2 Å². The van der Waals surface area contributed by atoms with Gasteiger partial charge in [-0.2, -0.15) is 5.10 Å². The third-order valence-corrected chi connectivity index (χ3v) is 3.37. The minimum Gasteiger partial charge on any atom is -0.324 e. The number of hydrogen-bond acceptors (Lipinski definition) is 3. The molecular weight excluding hydrogens is 260 g/mol. The molecule has 0 bridgehead atoms. The summed E-state index contributed by atoms with van der Waals surface area (Å²) in [5.41, 5.74) is 9.37. The second-order valence-electron chi connectivity index (χ2n) is 4.44.